The third-order valence-electron chi connectivity index (χ3n) is 9.11. The number of carbonyl (C=O) groups is 4. The van der Waals surface area contributed by atoms with Gasteiger partial charge in [0.1, 0.15) is 5.75 Å². The third-order valence-corrected chi connectivity index (χ3v) is 9.11. The van der Waals surface area contributed by atoms with E-state index in [1.165, 1.54) is 0 Å². The van der Waals surface area contributed by atoms with Crippen LogP contribution in [0.25, 0.3) is 6.08 Å². The van der Waals surface area contributed by atoms with Crippen molar-refractivity contribution < 1.29 is 23.9 Å². The van der Waals surface area contributed by atoms with Gasteiger partial charge in [0.15, 0.2) is 5.78 Å². The second-order valence-electron chi connectivity index (χ2n) is 11.2. The quantitative estimate of drug-likeness (QED) is 0.542. The topological polar surface area (TPSA) is 125 Å². The molecule has 1 heterocycles. The van der Waals surface area contributed by atoms with Gasteiger partial charge in [-0.1, -0.05) is 25.0 Å². The number of Topliss-reactive ketones (excluding diaryl/α,β-unsaturated/α-hetero) is 1. The summed E-state index contributed by atoms with van der Waals surface area (Å²) in [5.74, 6) is -1.10. The minimum Gasteiger partial charge on any atom is -0.496 e. The van der Waals surface area contributed by atoms with Crippen molar-refractivity contribution in [3.05, 3.63) is 34.9 Å². The van der Waals surface area contributed by atoms with Gasteiger partial charge in [-0.25, -0.2) is 0 Å². The highest BCUT2D eigenvalue weighted by molar-refractivity contribution is 6.06. The molecule has 6 unspecified atom stereocenters. The second kappa shape index (κ2) is 8.29. The van der Waals surface area contributed by atoms with Crippen LogP contribution in [0.5, 0.6) is 5.75 Å². The number of imide groups is 1. The van der Waals surface area contributed by atoms with Crippen LogP contribution >= 0.6 is 0 Å². The second-order valence-corrected chi connectivity index (χ2v) is 11.2. The summed E-state index contributed by atoms with van der Waals surface area (Å²) in [7, 11) is 1.60. The Morgan fingerprint density at radius 3 is 2.75 bits per heavy atom. The van der Waals surface area contributed by atoms with Crippen LogP contribution in [-0.4, -0.2) is 36.7 Å². The number of nitriles is 1. The molecule has 3 amide bonds. The van der Waals surface area contributed by atoms with E-state index < -0.39 is 17.4 Å². The lowest BCUT2D eigenvalue weighted by atomic mass is 9.63. The predicted molar refractivity (Wildman–Crippen MR) is 128 cm³/mol. The number of amides is 3. The first-order valence-electron chi connectivity index (χ1n) is 12.8. The van der Waals surface area contributed by atoms with Crippen LogP contribution in [0.4, 0.5) is 0 Å². The van der Waals surface area contributed by atoms with Gasteiger partial charge in [0, 0.05) is 24.0 Å². The van der Waals surface area contributed by atoms with E-state index in [1.54, 1.807) is 7.11 Å². The van der Waals surface area contributed by atoms with E-state index in [0.717, 1.165) is 24.0 Å². The van der Waals surface area contributed by atoms with E-state index >= 15 is 0 Å². The first-order chi connectivity index (χ1) is 17.3. The fraction of sp³-hybridized carbons (Fsp3) is 0.536. The summed E-state index contributed by atoms with van der Waals surface area (Å²) in [6, 6.07) is 7.44. The number of ketones is 1. The van der Waals surface area contributed by atoms with Gasteiger partial charge < -0.3 is 10.1 Å². The van der Waals surface area contributed by atoms with E-state index in [0.29, 0.717) is 42.9 Å². The van der Waals surface area contributed by atoms with Gasteiger partial charge in [-0.15, -0.1) is 0 Å². The minimum absolute atomic E-state index is 0.000119. The Hall–Kier alpha value is -3.47. The molecule has 186 valence electrons. The first kappa shape index (κ1) is 23.0. The predicted octanol–water partition coefficient (Wildman–Crippen LogP) is 2.32. The number of carbonyl (C=O) groups excluding carboxylic acids is 4. The number of nitrogens with zero attached hydrogens (tertiary/aromatic N) is 1. The molecule has 1 aromatic carbocycles. The number of hydrogen-bond acceptors (Lipinski definition) is 6. The van der Waals surface area contributed by atoms with E-state index in [-0.39, 0.29) is 47.7 Å². The van der Waals surface area contributed by atoms with Crippen LogP contribution in [0.15, 0.2) is 23.8 Å². The van der Waals surface area contributed by atoms with Crippen LogP contribution < -0.4 is 15.4 Å². The smallest absolute Gasteiger partial charge is 0.248 e. The number of benzene rings is 1. The lowest BCUT2D eigenvalue weighted by Crippen LogP contribution is -2.46. The van der Waals surface area contributed by atoms with E-state index in [9.17, 15) is 24.4 Å². The molecule has 6 rings (SSSR count). The molecule has 4 fully saturated rings. The van der Waals surface area contributed by atoms with Crippen molar-refractivity contribution in [1.82, 2.24) is 10.6 Å². The summed E-state index contributed by atoms with van der Waals surface area (Å²) in [6.45, 7) is 0. The summed E-state index contributed by atoms with van der Waals surface area (Å²) in [4.78, 5) is 51.6. The summed E-state index contributed by atoms with van der Waals surface area (Å²) in [5.41, 5.74) is 1.52. The summed E-state index contributed by atoms with van der Waals surface area (Å²) in [5, 5.41) is 15.6. The molecule has 1 aromatic rings. The SMILES string of the molecule is COc1cccc2c1C=C(C(=O)NC(CC1CC1)C(=O)CC1(C#N)CC3CC1C1C(=O)NC(=O)C31)C2. The van der Waals surface area contributed by atoms with Crippen molar-refractivity contribution in [2.75, 3.05) is 7.11 Å². The van der Waals surface area contributed by atoms with Crippen molar-refractivity contribution in [2.45, 2.75) is 51.0 Å². The van der Waals surface area contributed by atoms with Gasteiger partial charge in [-0.05, 0) is 54.7 Å². The zero-order valence-corrected chi connectivity index (χ0v) is 20.2. The normalized spacial score (nSPS) is 32.3. The molecule has 1 aliphatic heterocycles. The molecule has 6 atom stereocenters. The highest BCUT2D eigenvalue weighted by Gasteiger charge is 2.67. The lowest BCUT2D eigenvalue weighted by molar-refractivity contribution is -0.130. The summed E-state index contributed by atoms with van der Waals surface area (Å²) >= 11 is 0. The largest absolute Gasteiger partial charge is 0.496 e. The van der Waals surface area contributed by atoms with Crippen molar-refractivity contribution >= 4 is 29.6 Å². The molecular weight excluding hydrogens is 458 g/mol. The molecule has 2 N–H and O–H groups in total. The number of nitrogens with one attached hydrogen (secondary N) is 2. The van der Waals surface area contributed by atoms with Gasteiger partial charge in [0.2, 0.25) is 17.7 Å². The highest BCUT2D eigenvalue weighted by atomic mass is 16.5. The Morgan fingerprint density at radius 2 is 2.03 bits per heavy atom. The number of rotatable bonds is 8. The molecule has 0 radical (unpaired) electrons. The molecule has 0 aromatic heterocycles. The Bertz CT molecular complexity index is 1260. The Kier molecular flexibility index (Phi) is 5.29. The van der Waals surface area contributed by atoms with Crippen LogP contribution in [-0.2, 0) is 25.6 Å². The fourth-order valence-corrected chi connectivity index (χ4v) is 7.25. The Morgan fingerprint density at radius 1 is 1.25 bits per heavy atom. The van der Waals surface area contributed by atoms with Crippen molar-refractivity contribution in [3.63, 3.8) is 0 Å². The van der Waals surface area contributed by atoms with Crippen LogP contribution in [0.3, 0.4) is 0 Å². The Labute approximate surface area is 209 Å². The molecule has 8 heteroatoms. The number of hydrogen-bond donors (Lipinski definition) is 2. The standard InChI is InChI=1S/C28H29N3O5/c1-36-22-4-2-3-15-8-16(9-18(15)22)25(33)30-20(7-14-5-6-14)21(32)12-28(13-29)11-17-10-19(28)24-23(17)26(34)31-27(24)35/h2-4,9,14,17,19-20,23-24H,5-8,10-12H2,1H3,(H,30,33)(H,31,34,35). The van der Waals surface area contributed by atoms with Gasteiger partial charge in [-0.2, -0.15) is 5.26 Å². The molecule has 36 heavy (non-hydrogen) atoms. The van der Waals surface area contributed by atoms with E-state index in [4.69, 9.17) is 4.74 Å². The van der Waals surface area contributed by atoms with Gasteiger partial charge in [0.05, 0.1) is 36.5 Å². The summed E-state index contributed by atoms with van der Waals surface area (Å²) < 4.78 is 5.42. The van der Waals surface area contributed by atoms with Crippen molar-refractivity contribution in [1.29, 1.82) is 5.26 Å². The molecule has 1 saturated heterocycles. The van der Waals surface area contributed by atoms with Crippen molar-refractivity contribution in [2.24, 2.45) is 35.0 Å². The van der Waals surface area contributed by atoms with Crippen LogP contribution in [0, 0.1) is 46.3 Å². The molecule has 4 aliphatic carbocycles. The van der Waals surface area contributed by atoms with Crippen molar-refractivity contribution in [3.8, 4) is 11.8 Å². The molecule has 3 saturated carbocycles. The lowest BCUT2D eigenvalue weighted by Gasteiger charge is -2.36. The maximum atomic E-state index is 13.6. The average molecular weight is 488 g/mol. The van der Waals surface area contributed by atoms with Gasteiger partial charge in [-0.3, -0.25) is 24.5 Å². The van der Waals surface area contributed by atoms with E-state index in [2.05, 4.69) is 16.7 Å². The molecular formula is C28H29N3O5. The monoisotopic (exact) mass is 487 g/mol. The van der Waals surface area contributed by atoms with Crippen LogP contribution in [0.2, 0.25) is 0 Å². The maximum absolute atomic E-state index is 13.6. The third kappa shape index (κ3) is 3.56. The maximum Gasteiger partial charge on any atom is 0.248 e. The summed E-state index contributed by atoms with van der Waals surface area (Å²) in [6.07, 6.45) is 6.00. The van der Waals surface area contributed by atoms with Gasteiger partial charge in [0.25, 0.3) is 0 Å². The highest BCUT2D eigenvalue weighted by Crippen LogP contribution is 2.63. The van der Waals surface area contributed by atoms with Gasteiger partial charge >= 0.3 is 0 Å². The number of methoxy groups -OCH3 is 1. The molecule has 2 bridgehead atoms. The molecule has 8 nitrogen and oxygen atoms in total. The van der Waals surface area contributed by atoms with E-state index in [1.807, 2.05) is 24.3 Å². The zero-order chi connectivity index (χ0) is 25.2. The Balaban J connectivity index is 1.19. The number of fused-ring (bicyclic) bond motifs is 6. The average Bonchev–Trinajstić information content (AvgIpc) is 3.19. The molecule has 5 aliphatic rings. The molecule has 0 spiro atoms. The first-order valence-corrected chi connectivity index (χ1v) is 12.8. The zero-order valence-electron chi connectivity index (χ0n) is 20.2. The number of ether oxygens (including phenoxy) is 1. The minimum atomic E-state index is -0.965. The fourth-order valence-electron chi connectivity index (χ4n) is 7.25. The van der Waals surface area contributed by atoms with Crippen LogP contribution in [0.1, 0.15) is 49.7 Å².